The molecular weight excluding hydrogens is 790 g/mol. The Bertz CT molecular complexity index is 914. The number of hydrogen-bond donors (Lipinski definition) is 14. The van der Waals surface area contributed by atoms with Gasteiger partial charge in [-0.15, -0.1) is 0 Å². The first-order valence-corrected chi connectivity index (χ1v) is 14.7. The minimum Gasteiger partial charge on any atom is -0.264 e. The van der Waals surface area contributed by atoms with Gasteiger partial charge in [0.25, 0.3) is 0 Å². The second-order valence-electron chi connectivity index (χ2n) is 3.13. The normalized spacial score (nSPS) is 11.0. The van der Waals surface area contributed by atoms with Gasteiger partial charge >= 0.3 is 72.8 Å². The fourth-order valence-electron chi connectivity index (χ4n) is 0. The zero-order valence-electron chi connectivity index (χ0n) is 15.5. The van der Waals surface area contributed by atoms with Gasteiger partial charge < -0.3 is 0 Å². The third kappa shape index (κ3) is 7060000. The quantitative estimate of drug-likeness (QED) is 0.0809. The van der Waals surface area contributed by atoms with Crippen LogP contribution in [0.1, 0.15) is 0 Å². The predicted octanol–water partition coefficient (Wildman–Crippen LogP) is -4.57. The predicted molar refractivity (Wildman–Crippen MR) is 99.2 cm³/mol. The average molecular weight is 804 g/mol. The van der Waals surface area contributed by atoms with Gasteiger partial charge in [-0.3, -0.25) is 63.7 Å². The molecule has 0 rings (SSSR count). The van der Waals surface area contributed by atoms with Crippen LogP contribution in [-0.2, 0) is 106 Å². The van der Waals surface area contributed by atoms with Crippen molar-refractivity contribution in [1.29, 1.82) is 0 Å². The monoisotopic (exact) mass is 802 g/mol. The Morgan fingerprint density at radius 2 is 0.189 bits per heavy atom. The molecule has 0 bridgehead atoms. The fourth-order valence-corrected chi connectivity index (χ4v) is 0. The van der Waals surface area contributed by atoms with Crippen molar-refractivity contribution >= 4 is 72.8 Å². The molecule has 0 saturated heterocycles. The third-order valence-corrected chi connectivity index (χ3v) is 0. The van der Waals surface area contributed by atoms with Gasteiger partial charge in [0.2, 0.25) is 0 Å². The van der Waals surface area contributed by atoms with Gasteiger partial charge in [-0.25, -0.2) is 0 Å². The van der Waals surface area contributed by atoms with Crippen molar-refractivity contribution < 1.29 is 156 Å². The number of rotatable bonds is 0. The van der Waals surface area contributed by atoms with Crippen LogP contribution >= 0.6 is 0 Å². The maximum absolute atomic E-state index is 8.74. The molecule has 0 unspecified atom stereocenters. The van der Waals surface area contributed by atoms with Gasteiger partial charge in [0.15, 0.2) is 0 Å². The van der Waals surface area contributed by atoms with E-state index in [2.05, 4.69) is 0 Å². The van der Waals surface area contributed by atoms with Crippen LogP contribution in [-0.4, -0.2) is 123 Å². The first-order chi connectivity index (χ1) is 14.0. The van der Waals surface area contributed by atoms with E-state index in [1.165, 1.54) is 0 Å². The molecule has 0 atom stereocenters. The molecule has 0 heterocycles. The molecule has 0 aromatic rings. The topological polar surface area (TPSA) is 522 Å². The summed E-state index contributed by atoms with van der Waals surface area (Å²) in [5.74, 6) is 0. The smallest absolute Gasteiger partial charge is 0.264 e. The van der Waals surface area contributed by atoms with Crippen LogP contribution in [0.2, 0.25) is 0 Å². The summed E-state index contributed by atoms with van der Waals surface area (Å²) in [6, 6.07) is 0. The summed E-state index contributed by atoms with van der Waals surface area (Å²) in [7, 11) is -32.7. The van der Waals surface area contributed by atoms with E-state index in [4.69, 9.17) is 123 Å². The van der Waals surface area contributed by atoms with E-state index < -0.39 is 72.8 Å². The van der Waals surface area contributed by atoms with Crippen LogP contribution in [0.5, 0.6) is 0 Å². The van der Waals surface area contributed by atoms with Crippen molar-refractivity contribution in [3.63, 3.8) is 0 Å². The second kappa shape index (κ2) is 25.1. The summed E-state index contributed by atoms with van der Waals surface area (Å²) in [5, 5.41) is 0. The van der Waals surface area contributed by atoms with E-state index in [1.807, 2.05) is 0 Å². The molecular formula is H14Ni2O28S7. The molecule has 0 amide bonds. The molecule has 0 aliphatic carbocycles. The number of hydrogen-bond acceptors (Lipinski definition) is 14. The molecule has 0 saturated carbocycles. The summed E-state index contributed by atoms with van der Waals surface area (Å²) in [5.41, 5.74) is 0. The van der Waals surface area contributed by atoms with Crippen LogP contribution < -0.4 is 0 Å². The van der Waals surface area contributed by atoms with E-state index in [0.717, 1.165) is 0 Å². The Morgan fingerprint density at radius 1 is 0.189 bits per heavy atom. The maximum atomic E-state index is 8.74. The summed E-state index contributed by atoms with van der Waals surface area (Å²) in [6.45, 7) is 0. The summed E-state index contributed by atoms with van der Waals surface area (Å²) < 4.78 is 221. The van der Waals surface area contributed by atoms with Crippen molar-refractivity contribution in [3.8, 4) is 0 Å². The van der Waals surface area contributed by atoms with Gasteiger partial charge in [0.1, 0.15) is 0 Å². The molecule has 0 radical (unpaired) electrons. The molecule has 0 aliphatic rings. The molecule has 0 aromatic heterocycles. The van der Waals surface area contributed by atoms with E-state index >= 15 is 0 Å². The summed E-state index contributed by atoms with van der Waals surface area (Å²) >= 11 is 0. The zero-order chi connectivity index (χ0) is 31.5. The van der Waals surface area contributed by atoms with E-state index in [-0.39, 0.29) is 33.0 Å². The van der Waals surface area contributed by atoms with E-state index in [1.54, 1.807) is 0 Å². The Morgan fingerprint density at radius 3 is 0.189 bits per heavy atom. The molecule has 0 aliphatic heterocycles. The maximum Gasteiger partial charge on any atom is 0.394 e. The van der Waals surface area contributed by atoms with Crippen molar-refractivity contribution in [3.05, 3.63) is 0 Å². The zero-order valence-corrected chi connectivity index (χ0v) is 23.2. The van der Waals surface area contributed by atoms with Gasteiger partial charge in [-0.1, -0.05) is 0 Å². The van der Waals surface area contributed by atoms with Gasteiger partial charge in [0, 0.05) is 33.0 Å². The molecule has 0 fully saturated rings. The Labute approximate surface area is 227 Å². The summed E-state index contributed by atoms with van der Waals surface area (Å²) in [6.07, 6.45) is 0. The first-order valence-electron chi connectivity index (χ1n) is 4.89. The van der Waals surface area contributed by atoms with Gasteiger partial charge in [0.05, 0.1) is 0 Å². The Balaban J connectivity index is -0.0000000350. The molecule has 0 aromatic carbocycles. The van der Waals surface area contributed by atoms with E-state index in [0.29, 0.717) is 0 Å². The van der Waals surface area contributed by atoms with Gasteiger partial charge in [-0.05, 0) is 0 Å². The molecule has 14 N–H and O–H groups in total. The van der Waals surface area contributed by atoms with E-state index in [9.17, 15) is 0 Å². The van der Waals surface area contributed by atoms with Crippen LogP contribution in [0.25, 0.3) is 0 Å². The molecule has 37 heteroatoms. The van der Waals surface area contributed by atoms with Crippen LogP contribution in [0.4, 0.5) is 0 Å². The summed E-state index contributed by atoms with van der Waals surface area (Å²) in [4.78, 5) is 0. The molecule has 244 valence electrons. The second-order valence-corrected chi connectivity index (χ2v) is 9.40. The minimum absolute atomic E-state index is 0. The SMILES string of the molecule is O=S(=O)(O)O.O=S(=O)(O)O.O=S(=O)(O)O.O=S(=O)(O)O.O=S(=O)(O)O.O=S(=O)(O)O.O=S(=O)(O)O.[Ni].[Ni]. The Hall–Kier alpha value is 0.0770. The molecule has 37 heavy (non-hydrogen) atoms. The van der Waals surface area contributed by atoms with Crippen LogP contribution in [0.15, 0.2) is 0 Å². The Kier molecular flexibility index (Phi) is 41.5. The molecule has 0 spiro atoms. The third-order valence-electron chi connectivity index (χ3n) is 0. The van der Waals surface area contributed by atoms with Crippen LogP contribution in [0.3, 0.4) is 0 Å². The van der Waals surface area contributed by atoms with Crippen molar-refractivity contribution in [2.24, 2.45) is 0 Å². The van der Waals surface area contributed by atoms with Crippen molar-refractivity contribution in [2.75, 3.05) is 0 Å². The average Bonchev–Trinajstić information content (AvgIpc) is 2.06. The first kappa shape index (κ1) is 61.2. The van der Waals surface area contributed by atoms with Gasteiger partial charge in [-0.2, -0.15) is 58.9 Å². The van der Waals surface area contributed by atoms with Crippen molar-refractivity contribution in [2.45, 2.75) is 0 Å². The van der Waals surface area contributed by atoms with Crippen LogP contribution in [0, 0.1) is 0 Å². The largest absolute Gasteiger partial charge is 0.394 e. The fraction of sp³-hybridized carbons (Fsp3) is 0. The minimum atomic E-state index is -4.67. The van der Waals surface area contributed by atoms with Crippen molar-refractivity contribution in [1.82, 2.24) is 0 Å². The standard InChI is InChI=1S/2Ni.7H2O4S/c;;7*1-5(2,3)4/h;;7*(H2,1,2,3,4). The molecule has 28 nitrogen and oxygen atoms in total.